The molecular weight excluding hydrogens is 402 g/mol. The van der Waals surface area contributed by atoms with Crippen molar-refractivity contribution < 1.29 is 14.3 Å². The smallest absolute Gasteiger partial charge is 0.231 e. The van der Waals surface area contributed by atoms with Gasteiger partial charge in [-0.15, -0.1) is 0 Å². The predicted molar refractivity (Wildman–Crippen MR) is 116 cm³/mol. The van der Waals surface area contributed by atoms with Crippen LogP contribution in [0.4, 0.5) is 10.8 Å². The largest absolute Gasteiger partial charge is 0.495 e. The van der Waals surface area contributed by atoms with Crippen molar-refractivity contribution in [2.24, 2.45) is 13.0 Å². The Morgan fingerprint density at radius 2 is 2.13 bits per heavy atom. The summed E-state index contributed by atoms with van der Waals surface area (Å²) in [7, 11) is 3.49. The van der Waals surface area contributed by atoms with Gasteiger partial charge in [0.25, 0.3) is 0 Å². The van der Waals surface area contributed by atoms with Crippen molar-refractivity contribution in [3.8, 4) is 16.5 Å². The molecule has 1 aliphatic rings. The first-order valence-corrected chi connectivity index (χ1v) is 10.4. The maximum absolute atomic E-state index is 12.9. The lowest BCUT2D eigenvalue weighted by molar-refractivity contribution is -0.122. The van der Waals surface area contributed by atoms with Gasteiger partial charge in [-0.25, -0.2) is 9.97 Å². The molecule has 1 atom stereocenters. The number of nitrogens with one attached hydrogen (secondary N) is 1. The third-order valence-electron chi connectivity index (χ3n) is 5.17. The highest BCUT2D eigenvalue weighted by Crippen LogP contribution is 2.35. The summed E-state index contributed by atoms with van der Waals surface area (Å²) < 4.78 is 7.31. The van der Waals surface area contributed by atoms with E-state index in [2.05, 4.69) is 15.3 Å². The number of amides is 2. The monoisotopic (exact) mass is 425 g/mol. The van der Waals surface area contributed by atoms with Crippen molar-refractivity contribution >= 4 is 34.0 Å². The van der Waals surface area contributed by atoms with Crippen molar-refractivity contribution in [2.45, 2.75) is 20.3 Å². The summed E-state index contributed by atoms with van der Waals surface area (Å²) >= 11 is 1.38. The molecule has 30 heavy (non-hydrogen) atoms. The van der Waals surface area contributed by atoms with Crippen LogP contribution in [0.3, 0.4) is 0 Å². The van der Waals surface area contributed by atoms with Gasteiger partial charge in [0.1, 0.15) is 5.75 Å². The average molecular weight is 426 g/mol. The first kappa shape index (κ1) is 20.1. The molecule has 156 valence electrons. The minimum atomic E-state index is -0.455. The van der Waals surface area contributed by atoms with Crippen LogP contribution in [-0.2, 0) is 16.6 Å². The van der Waals surface area contributed by atoms with E-state index in [0.717, 1.165) is 22.0 Å². The molecule has 8 nitrogen and oxygen atoms in total. The topological polar surface area (TPSA) is 89.3 Å². The summed E-state index contributed by atoms with van der Waals surface area (Å²) in [5.41, 5.74) is 2.52. The Hall–Kier alpha value is -3.20. The van der Waals surface area contributed by atoms with E-state index < -0.39 is 5.92 Å². The second-order valence-corrected chi connectivity index (χ2v) is 8.36. The highest BCUT2D eigenvalue weighted by molar-refractivity contribution is 7.19. The van der Waals surface area contributed by atoms with E-state index in [0.29, 0.717) is 23.1 Å². The molecule has 4 rings (SSSR count). The molecule has 0 radical (unpaired) electrons. The van der Waals surface area contributed by atoms with E-state index in [1.165, 1.54) is 11.3 Å². The molecule has 3 aromatic rings. The quantitative estimate of drug-likeness (QED) is 0.678. The lowest BCUT2D eigenvalue weighted by Gasteiger charge is -2.20. The minimum absolute atomic E-state index is 0.0944. The van der Waals surface area contributed by atoms with Crippen LogP contribution in [0.1, 0.15) is 17.7 Å². The van der Waals surface area contributed by atoms with Gasteiger partial charge < -0.3 is 19.5 Å². The highest BCUT2D eigenvalue weighted by atomic mass is 32.1. The first-order valence-electron chi connectivity index (χ1n) is 9.58. The number of benzene rings is 1. The fourth-order valence-corrected chi connectivity index (χ4v) is 4.59. The number of ether oxygens (including phenoxy) is 1. The molecule has 3 heterocycles. The van der Waals surface area contributed by atoms with Gasteiger partial charge in [0, 0.05) is 32.4 Å². The Morgan fingerprint density at radius 3 is 2.83 bits per heavy atom. The van der Waals surface area contributed by atoms with Gasteiger partial charge >= 0.3 is 0 Å². The van der Waals surface area contributed by atoms with E-state index in [9.17, 15) is 9.59 Å². The van der Waals surface area contributed by atoms with Gasteiger partial charge in [0.05, 0.1) is 29.3 Å². The zero-order valence-electron chi connectivity index (χ0n) is 17.3. The second-order valence-electron chi connectivity index (χ2n) is 7.37. The Morgan fingerprint density at radius 1 is 1.33 bits per heavy atom. The molecule has 1 aliphatic heterocycles. The van der Waals surface area contributed by atoms with Gasteiger partial charge in [-0.2, -0.15) is 0 Å². The number of nitrogens with zero attached hydrogens (tertiary/aromatic N) is 4. The van der Waals surface area contributed by atoms with Gasteiger partial charge in [0.15, 0.2) is 11.0 Å². The maximum atomic E-state index is 12.9. The molecule has 2 aromatic heterocycles. The Balaban J connectivity index is 1.50. The third-order valence-corrected chi connectivity index (χ3v) is 6.24. The van der Waals surface area contributed by atoms with Crippen molar-refractivity contribution in [1.29, 1.82) is 0 Å². The number of anilines is 2. The van der Waals surface area contributed by atoms with E-state index in [1.807, 2.05) is 49.9 Å². The summed E-state index contributed by atoms with van der Waals surface area (Å²) in [5, 5.41) is 3.39. The lowest BCUT2D eigenvalue weighted by atomic mass is 10.1. The van der Waals surface area contributed by atoms with Gasteiger partial charge in [0.2, 0.25) is 11.8 Å². The number of hydrogen-bond acceptors (Lipinski definition) is 6. The van der Waals surface area contributed by atoms with Crippen LogP contribution in [0.2, 0.25) is 0 Å². The normalized spacial score (nSPS) is 16.2. The third kappa shape index (κ3) is 3.68. The average Bonchev–Trinajstić information content (AvgIpc) is 3.40. The Labute approximate surface area is 178 Å². The Bertz CT molecular complexity index is 1120. The standard InChI is InChI=1S/C21H23N5O3S/c1-12-5-6-16(29-4)15(9-12)26-11-14(10-17(26)27)20(28)24-21-23-13(2)18(30-21)19-22-7-8-25(19)3/h5-9,14H,10-11H2,1-4H3,(H,23,24,28). The maximum Gasteiger partial charge on any atom is 0.231 e. The fraction of sp³-hybridized carbons (Fsp3) is 0.333. The van der Waals surface area contributed by atoms with Crippen molar-refractivity contribution in [1.82, 2.24) is 14.5 Å². The zero-order valence-corrected chi connectivity index (χ0v) is 18.1. The van der Waals surface area contributed by atoms with Crippen molar-refractivity contribution in [3.63, 3.8) is 0 Å². The number of carbonyl (C=O) groups is 2. The van der Waals surface area contributed by atoms with E-state index in [-0.39, 0.29) is 18.2 Å². The molecule has 9 heteroatoms. The van der Waals surface area contributed by atoms with Crippen LogP contribution in [0, 0.1) is 19.8 Å². The van der Waals surface area contributed by atoms with Crippen molar-refractivity contribution in [3.05, 3.63) is 41.9 Å². The SMILES string of the molecule is COc1ccc(C)cc1N1CC(C(=O)Nc2nc(C)c(-c3nccn3C)s2)CC1=O. The summed E-state index contributed by atoms with van der Waals surface area (Å²) in [6.45, 7) is 4.15. The number of methoxy groups -OCH3 is 1. The van der Waals surface area contributed by atoms with Gasteiger partial charge in [-0.3, -0.25) is 9.59 Å². The summed E-state index contributed by atoms with van der Waals surface area (Å²) in [6.07, 6.45) is 3.75. The van der Waals surface area contributed by atoms with Gasteiger partial charge in [-0.05, 0) is 31.5 Å². The lowest BCUT2D eigenvalue weighted by Crippen LogP contribution is -2.28. The Kier molecular flexibility index (Phi) is 5.29. The molecule has 1 saturated heterocycles. The molecule has 0 aliphatic carbocycles. The van der Waals surface area contributed by atoms with E-state index >= 15 is 0 Å². The molecule has 0 spiro atoms. The number of rotatable bonds is 5. The van der Waals surface area contributed by atoms with E-state index in [4.69, 9.17) is 4.74 Å². The zero-order chi connectivity index (χ0) is 21.4. The van der Waals surface area contributed by atoms with Crippen LogP contribution in [0.15, 0.2) is 30.6 Å². The molecular formula is C21H23N5O3S. The molecule has 0 bridgehead atoms. The molecule has 0 saturated carbocycles. The van der Waals surface area contributed by atoms with Crippen LogP contribution < -0.4 is 15.0 Å². The molecule has 1 unspecified atom stereocenters. The fourth-order valence-electron chi connectivity index (χ4n) is 3.58. The number of aryl methyl sites for hydroxylation is 3. The number of aromatic nitrogens is 3. The minimum Gasteiger partial charge on any atom is -0.495 e. The first-order chi connectivity index (χ1) is 14.4. The highest BCUT2D eigenvalue weighted by Gasteiger charge is 2.36. The number of thiazole rings is 1. The molecule has 1 N–H and O–H groups in total. The molecule has 2 amide bonds. The number of hydrogen-bond donors (Lipinski definition) is 1. The van der Waals surface area contributed by atoms with Crippen LogP contribution >= 0.6 is 11.3 Å². The predicted octanol–water partition coefficient (Wildman–Crippen LogP) is 3.16. The molecule has 1 aromatic carbocycles. The van der Waals surface area contributed by atoms with Crippen molar-refractivity contribution in [2.75, 3.05) is 23.9 Å². The summed E-state index contributed by atoms with van der Waals surface area (Å²) in [6, 6.07) is 5.67. The second kappa shape index (κ2) is 7.91. The molecule has 1 fully saturated rings. The van der Waals surface area contributed by atoms with Crippen LogP contribution in [-0.4, -0.2) is 40.0 Å². The summed E-state index contributed by atoms with van der Waals surface area (Å²) in [4.78, 5) is 36.9. The van der Waals surface area contributed by atoms with Crippen LogP contribution in [0.25, 0.3) is 10.7 Å². The van der Waals surface area contributed by atoms with Crippen LogP contribution in [0.5, 0.6) is 5.75 Å². The van der Waals surface area contributed by atoms with Gasteiger partial charge in [-0.1, -0.05) is 17.4 Å². The number of imidazole rings is 1. The summed E-state index contributed by atoms with van der Waals surface area (Å²) in [5.74, 6) is 0.661. The number of carbonyl (C=O) groups excluding carboxylic acids is 2. The van der Waals surface area contributed by atoms with E-state index in [1.54, 1.807) is 18.2 Å².